The first-order valence-corrected chi connectivity index (χ1v) is 10.0. The average molecular weight is 460 g/mol. The molecule has 3 aromatic carbocycles. The van der Waals surface area contributed by atoms with Gasteiger partial charge in [-0.05, 0) is 83.3 Å². The molecule has 0 saturated carbocycles. The monoisotopic (exact) mass is 459 g/mol. The molecule has 0 amide bonds. The van der Waals surface area contributed by atoms with E-state index in [0.717, 1.165) is 39.2 Å². The third-order valence-electron chi connectivity index (χ3n) is 4.93. The number of nitrogens with two attached hydrogens (primary N) is 2. The summed E-state index contributed by atoms with van der Waals surface area (Å²) in [5.74, 6) is -0.879. The third kappa shape index (κ3) is 6.69. The molecular formula is C27H26ClN3O2. The zero-order chi connectivity index (χ0) is 23.1. The Morgan fingerprint density at radius 1 is 0.758 bits per heavy atom. The quantitative estimate of drug-likeness (QED) is 0.360. The summed E-state index contributed by atoms with van der Waals surface area (Å²) >= 11 is 0. The molecule has 0 spiro atoms. The van der Waals surface area contributed by atoms with Crippen LogP contribution in [0.2, 0.25) is 0 Å². The van der Waals surface area contributed by atoms with Gasteiger partial charge >= 0.3 is 5.97 Å². The molecule has 0 bridgehead atoms. The number of aromatic carboxylic acids is 1. The van der Waals surface area contributed by atoms with Gasteiger partial charge in [-0.3, -0.25) is 0 Å². The highest BCUT2D eigenvalue weighted by Gasteiger charge is 2.12. The van der Waals surface area contributed by atoms with Gasteiger partial charge in [0, 0.05) is 11.4 Å². The summed E-state index contributed by atoms with van der Waals surface area (Å²) in [4.78, 5) is 10.2. The largest absolute Gasteiger partial charge is 0.478 e. The first-order chi connectivity index (χ1) is 15.3. The Kier molecular flexibility index (Phi) is 8.78. The summed E-state index contributed by atoms with van der Waals surface area (Å²) in [5, 5.41) is 16.3. The number of hydrogen-bond donors (Lipinski definition) is 4. The van der Waals surface area contributed by atoms with E-state index in [-0.39, 0.29) is 12.4 Å². The Bertz CT molecular complexity index is 1160. The second-order valence-electron chi connectivity index (χ2n) is 7.32. The number of carboxylic acid groups (broad SMARTS) is 1. The van der Waals surface area contributed by atoms with Gasteiger partial charge in [0.15, 0.2) is 0 Å². The summed E-state index contributed by atoms with van der Waals surface area (Å²) in [7, 11) is 0. The van der Waals surface area contributed by atoms with Crippen molar-refractivity contribution in [3.05, 3.63) is 125 Å². The van der Waals surface area contributed by atoms with E-state index in [1.54, 1.807) is 30.3 Å². The summed E-state index contributed by atoms with van der Waals surface area (Å²) in [6, 6.07) is 24.0. The van der Waals surface area contributed by atoms with Gasteiger partial charge in [-0.15, -0.1) is 12.4 Å². The van der Waals surface area contributed by atoms with Crippen molar-refractivity contribution < 1.29 is 9.90 Å². The highest BCUT2D eigenvalue weighted by atomic mass is 35.5. The molecule has 6 N–H and O–H groups in total. The molecule has 0 aliphatic heterocycles. The van der Waals surface area contributed by atoms with Crippen molar-refractivity contribution >= 4 is 41.0 Å². The van der Waals surface area contributed by atoms with Gasteiger partial charge in [0.25, 0.3) is 0 Å². The van der Waals surface area contributed by atoms with Crippen LogP contribution in [0.5, 0.6) is 0 Å². The number of benzene rings is 3. The van der Waals surface area contributed by atoms with Crippen LogP contribution in [0.25, 0.3) is 5.57 Å². The van der Waals surface area contributed by atoms with Crippen LogP contribution in [-0.2, 0) is 0 Å². The highest BCUT2D eigenvalue weighted by molar-refractivity contribution is 6.08. The molecule has 168 valence electrons. The Hall–Kier alpha value is -4.09. The van der Waals surface area contributed by atoms with Gasteiger partial charge in [-0.1, -0.05) is 48.5 Å². The van der Waals surface area contributed by atoms with Crippen molar-refractivity contribution in [2.45, 2.75) is 6.92 Å². The minimum atomic E-state index is -0.879. The van der Waals surface area contributed by atoms with Crippen LogP contribution in [0.4, 0.5) is 11.4 Å². The lowest BCUT2D eigenvalue weighted by Gasteiger charge is -2.16. The molecule has 0 unspecified atom stereocenters. The smallest absolute Gasteiger partial charge is 0.335 e. The molecule has 0 radical (unpaired) electrons. The van der Waals surface area contributed by atoms with E-state index in [1.165, 1.54) is 0 Å². The number of carboxylic acids is 1. The molecule has 0 heterocycles. The second-order valence-corrected chi connectivity index (χ2v) is 7.32. The molecule has 0 saturated heterocycles. The molecule has 1 aliphatic carbocycles. The first kappa shape index (κ1) is 25.2. The minimum Gasteiger partial charge on any atom is -0.478 e. The lowest BCUT2D eigenvalue weighted by Crippen LogP contribution is -2.01. The van der Waals surface area contributed by atoms with Crippen LogP contribution >= 0.6 is 12.4 Å². The van der Waals surface area contributed by atoms with Crippen LogP contribution in [-0.4, -0.2) is 16.8 Å². The average Bonchev–Trinajstić information content (AvgIpc) is 2.80. The van der Waals surface area contributed by atoms with E-state index in [0.29, 0.717) is 11.3 Å². The standard InChI is InChI=1S/C20H19N3.C7H6O2.ClH/c1-13-12-16(6-11-19(13)23)20(14-2-7-17(21)8-3-14)15-4-9-18(22)10-5-15;8-7(9)6-4-2-1-3-5-6;/h2-12,23H,21-22H2,1H3;1-5H,(H,8,9);1H. The van der Waals surface area contributed by atoms with Crippen molar-refractivity contribution in [1.29, 1.82) is 5.41 Å². The Labute approximate surface area is 199 Å². The van der Waals surface area contributed by atoms with Crippen LogP contribution < -0.4 is 11.5 Å². The number of nitrogen functional groups attached to an aromatic ring is 2. The zero-order valence-corrected chi connectivity index (χ0v) is 19.0. The third-order valence-corrected chi connectivity index (χ3v) is 4.93. The molecule has 1 aliphatic rings. The molecule has 0 atom stereocenters. The molecule has 0 fully saturated rings. The predicted octanol–water partition coefficient (Wildman–Crippen LogP) is 6.00. The summed E-state index contributed by atoms with van der Waals surface area (Å²) < 4.78 is 0. The molecule has 4 rings (SSSR count). The topological polar surface area (TPSA) is 113 Å². The number of rotatable bonds is 3. The summed E-state index contributed by atoms with van der Waals surface area (Å²) in [5.41, 5.74) is 19.3. The number of allylic oxidation sites excluding steroid dienone is 5. The van der Waals surface area contributed by atoms with Gasteiger partial charge in [0.2, 0.25) is 0 Å². The number of halogens is 1. The maximum atomic E-state index is 10.2. The minimum absolute atomic E-state index is 0. The van der Waals surface area contributed by atoms with Gasteiger partial charge in [-0.2, -0.15) is 0 Å². The SMILES string of the molecule is CC1=CC(=C(c2ccc(N)cc2)c2ccc(N)cc2)C=CC1=N.Cl.O=C(O)c1ccccc1. The Balaban J connectivity index is 0.000000326. The Morgan fingerprint density at radius 2 is 1.24 bits per heavy atom. The number of carbonyl (C=O) groups is 1. The second kappa shape index (κ2) is 11.5. The fraction of sp³-hybridized carbons (Fsp3) is 0.0370. The zero-order valence-electron chi connectivity index (χ0n) is 18.2. The molecule has 0 aromatic heterocycles. The van der Waals surface area contributed by atoms with Gasteiger partial charge in [0.05, 0.1) is 11.3 Å². The summed E-state index contributed by atoms with van der Waals surface area (Å²) in [6.45, 7) is 1.95. The van der Waals surface area contributed by atoms with E-state index in [4.69, 9.17) is 22.0 Å². The van der Waals surface area contributed by atoms with Crippen LogP contribution in [0.3, 0.4) is 0 Å². The Morgan fingerprint density at radius 3 is 1.64 bits per heavy atom. The molecule has 6 heteroatoms. The normalized spacial score (nSPS) is 12.1. The molecule has 5 nitrogen and oxygen atoms in total. The van der Waals surface area contributed by atoms with E-state index >= 15 is 0 Å². The van der Waals surface area contributed by atoms with Gasteiger partial charge in [0.1, 0.15) is 0 Å². The summed E-state index contributed by atoms with van der Waals surface area (Å²) in [6.07, 6.45) is 5.86. The van der Waals surface area contributed by atoms with Crippen molar-refractivity contribution in [2.75, 3.05) is 11.5 Å². The fourth-order valence-corrected chi connectivity index (χ4v) is 3.20. The van der Waals surface area contributed by atoms with Crippen molar-refractivity contribution in [1.82, 2.24) is 0 Å². The van der Waals surface area contributed by atoms with Crippen molar-refractivity contribution in [2.24, 2.45) is 0 Å². The maximum absolute atomic E-state index is 10.2. The maximum Gasteiger partial charge on any atom is 0.335 e. The van der Waals surface area contributed by atoms with Crippen LogP contribution in [0.15, 0.2) is 108 Å². The lowest BCUT2D eigenvalue weighted by molar-refractivity contribution is 0.0697. The van der Waals surface area contributed by atoms with Crippen molar-refractivity contribution in [3.8, 4) is 0 Å². The van der Waals surface area contributed by atoms with E-state index in [1.807, 2.05) is 73.7 Å². The van der Waals surface area contributed by atoms with E-state index < -0.39 is 5.97 Å². The fourth-order valence-electron chi connectivity index (χ4n) is 3.20. The van der Waals surface area contributed by atoms with Crippen LogP contribution in [0, 0.1) is 5.41 Å². The molecule has 3 aromatic rings. The van der Waals surface area contributed by atoms with Crippen molar-refractivity contribution in [3.63, 3.8) is 0 Å². The van der Waals surface area contributed by atoms with E-state index in [9.17, 15) is 4.79 Å². The van der Waals surface area contributed by atoms with Gasteiger partial charge < -0.3 is 22.0 Å². The lowest BCUT2D eigenvalue weighted by atomic mass is 9.89. The highest BCUT2D eigenvalue weighted by Crippen LogP contribution is 2.31. The number of nitrogens with one attached hydrogen (secondary N) is 1. The molecule has 33 heavy (non-hydrogen) atoms. The van der Waals surface area contributed by atoms with E-state index in [2.05, 4.69) is 0 Å². The predicted molar refractivity (Wildman–Crippen MR) is 139 cm³/mol. The molecular weight excluding hydrogens is 434 g/mol. The number of hydrogen-bond acceptors (Lipinski definition) is 4. The number of anilines is 2. The van der Waals surface area contributed by atoms with Crippen LogP contribution in [0.1, 0.15) is 28.4 Å². The first-order valence-electron chi connectivity index (χ1n) is 10.0. The van der Waals surface area contributed by atoms with Gasteiger partial charge in [-0.25, -0.2) is 4.79 Å².